The van der Waals surface area contributed by atoms with Gasteiger partial charge in [-0.05, 0) is 25.2 Å². The van der Waals surface area contributed by atoms with E-state index < -0.39 is 0 Å². The molecule has 0 unspecified atom stereocenters. The average Bonchev–Trinajstić information content (AvgIpc) is 2.19. The van der Waals surface area contributed by atoms with Gasteiger partial charge < -0.3 is 4.79 Å². The van der Waals surface area contributed by atoms with Crippen molar-refractivity contribution in [1.82, 2.24) is 0 Å². The maximum absolute atomic E-state index is 11.6. The molecule has 0 saturated heterocycles. The summed E-state index contributed by atoms with van der Waals surface area (Å²) in [5.41, 5.74) is 0. The van der Waals surface area contributed by atoms with Crippen molar-refractivity contribution in [3.05, 3.63) is 0 Å². The Balaban J connectivity index is 2.13. The van der Waals surface area contributed by atoms with Crippen LogP contribution in [0.4, 0.5) is 0 Å². The van der Waals surface area contributed by atoms with Gasteiger partial charge in [-0.1, -0.05) is 12.8 Å². The zero-order valence-corrected chi connectivity index (χ0v) is 7.87. The van der Waals surface area contributed by atoms with Crippen molar-refractivity contribution in [3.8, 4) is 0 Å². The first kappa shape index (κ1) is 8.92. The monoisotopic (exact) mass is 180 g/mol. The number of carbonyl (C=O) groups excluding carboxylic acids is 2. The highest BCUT2D eigenvalue weighted by atomic mass is 16.1. The van der Waals surface area contributed by atoms with Crippen molar-refractivity contribution in [2.75, 3.05) is 0 Å². The van der Waals surface area contributed by atoms with Crippen molar-refractivity contribution in [1.29, 1.82) is 0 Å². The normalized spacial score (nSPS) is 39.7. The van der Waals surface area contributed by atoms with Crippen LogP contribution in [0.3, 0.4) is 0 Å². The van der Waals surface area contributed by atoms with Gasteiger partial charge >= 0.3 is 0 Å². The fraction of sp³-hybridized carbons (Fsp3) is 0.818. The van der Waals surface area contributed by atoms with Crippen molar-refractivity contribution >= 4 is 12.1 Å². The topological polar surface area (TPSA) is 34.1 Å². The third kappa shape index (κ3) is 1.54. The average molecular weight is 180 g/mol. The van der Waals surface area contributed by atoms with Gasteiger partial charge in [-0.25, -0.2) is 0 Å². The fourth-order valence-electron chi connectivity index (χ4n) is 2.95. The third-order valence-electron chi connectivity index (χ3n) is 3.68. The van der Waals surface area contributed by atoms with Crippen LogP contribution in [0.2, 0.25) is 0 Å². The molecule has 72 valence electrons. The summed E-state index contributed by atoms with van der Waals surface area (Å²) < 4.78 is 0. The summed E-state index contributed by atoms with van der Waals surface area (Å²) in [5, 5.41) is 0. The molecule has 0 aromatic carbocycles. The minimum atomic E-state index is 0.183. The molecule has 0 aromatic heterocycles. The van der Waals surface area contributed by atoms with E-state index in [0.717, 1.165) is 25.5 Å². The maximum atomic E-state index is 11.6. The van der Waals surface area contributed by atoms with Gasteiger partial charge in [-0.2, -0.15) is 0 Å². The first-order valence-electron chi connectivity index (χ1n) is 5.31. The molecule has 3 atom stereocenters. The summed E-state index contributed by atoms with van der Waals surface area (Å²) >= 11 is 0. The van der Waals surface area contributed by atoms with Crippen molar-refractivity contribution in [2.24, 2.45) is 17.8 Å². The highest BCUT2D eigenvalue weighted by Gasteiger charge is 2.39. The minimum Gasteiger partial charge on any atom is -0.303 e. The number of aldehydes is 1. The van der Waals surface area contributed by atoms with Gasteiger partial charge in [0.05, 0.1) is 0 Å². The highest BCUT2D eigenvalue weighted by Crippen LogP contribution is 2.41. The predicted octanol–water partition coefficient (Wildman–Crippen LogP) is 1.97. The smallest absolute Gasteiger partial charge is 0.136 e. The Morgan fingerprint density at radius 2 is 1.92 bits per heavy atom. The van der Waals surface area contributed by atoms with Crippen LogP contribution in [0.15, 0.2) is 0 Å². The third-order valence-corrected chi connectivity index (χ3v) is 3.68. The molecule has 0 bridgehead atoms. The Morgan fingerprint density at radius 3 is 2.69 bits per heavy atom. The van der Waals surface area contributed by atoms with Gasteiger partial charge in [0.15, 0.2) is 0 Å². The molecule has 0 aliphatic heterocycles. The van der Waals surface area contributed by atoms with E-state index in [9.17, 15) is 9.59 Å². The van der Waals surface area contributed by atoms with Crippen molar-refractivity contribution < 1.29 is 9.59 Å². The number of ketones is 1. The van der Waals surface area contributed by atoms with E-state index in [2.05, 4.69) is 0 Å². The molecule has 2 fully saturated rings. The van der Waals surface area contributed by atoms with Gasteiger partial charge in [-0.15, -0.1) is 0 Å². The van der Waals surface area contributed by atoms with Crippen LogP contribution in [-0.2, 0) is 9.59 Å². The summed E-state index contributed by atoms with van der Waals surface area (Å²) in [5.74, 6) is 1.23. The quantitative estimate of drug-likeness (QED) is 0.578. The molecule has 2 aliphatic carbocycles. The predicted molar refractivity (Wildman–Crippen MR) is 49.2 cm³/mol. The summed E-state index contributed by atoms with van der Waals surface area (Å²) in [6.07, 6.45) is 7.05. The number of hydrogen-bond acceptors (Lipinski definition) is 2. The summed E-state index contributed by atoms with van der Waals surface area (Å²) in [4.78, 5) is 22.4. The molecule has 0 radical (unpaired) electrons. The molecule has 2 saturated carbocycles. The second kappa shape index (κ2) is 3.60. The Hall–Kier alpha value is -0.660. The Labute approximate surface area is 78.7 Å². The Kier molecular flexibility index (Phi) is 2.47. The Morgan fingerprint density at radius 1 is 1.15 bits per heavy atom. The number of rotatable bonds is 1. The van der Waals surface area contributed by atoms with Gasteiger partial charge in [0, 0.05) is 18.3 Å². The fourth-order valence-corrected chi connectivity index (χ4v) is 2.95. The van der Waals surface area contributed by atoms with E-state index >= 15 is 0 Å². The van der Waals surface area contributed by atoms with Crippen LogP contribution in [-0.4, -0.2) is 12.1 Å². The summed E-state index contributed by atoms with van der Waals surface area (Å²) in [7, 11) is 0. The van der Waals surface area contributed by atoms with E-state index in [1.54, 1.807) is 0 Å². The molecule has 2 rings (SSSR count). The molecular weight excluding hydrogens is 164 g/mol. The molecule has 0 amide bonds. The highest BCUT2D eigenvalue weighted by molar-refractivity contribution is 5.83. The Bertz CT molecular complexity index is 222. The van der Waals surface area contributed by atoms with Gasteiger partial charge in [0.25, 0.3) is 0 Å². The van der Waals surface area contributed by atoms with E-state index in [0.29, 0.717) is 18.1 Å². The molecule has 2 aliphatic rings. The first-order valence-corrected chi connectivity index (χ1v) is 5.31. The zero-order chi connectivity index (χ0) is 9.26. The lowest BCUT2D eigenvalue weighted by atomic mass is 9.65. The summed E-state index contributed by atoms with van der Waals surface area (Å²) in [6.45, 7) is 0. The van der Waals surface area contributed by atoms with Crippen molar-refractivity contribution in [3.63, 3.8) is 0 Å². The van der Waals surface area contributed by atoms with E-state index in [1.165, 1.54) is 12.8 Å². The van der Waals surface area contributed by atoms with Gasteiger partial charge in [0.1, 0.15) is 12.1 Å². The molecule has 2 nitrogen and oxygen atoms in total. The molecule has 0 spiro atoms. The lowest BCUT2D eigenvalue weighted by Gasteiger charge is -2.37. The van der Waals surface area contributed by atoms with Crippen LogP contribution in [0.5, 0.6) is 0 Å². The lowest BCUT2D eigenvalue weighted by Crippen LogP contribution is -2.37. The summed E-state index contributed by atoms with van der Waals surface area (Å²) in [6, 6.07) is 0. The number of fused-ring (bicyclic) bond motifs is 1. The van der Waals surface area contributed by atoms with Crippen LogP contribution in [0.25, 0.3) is 0 Å². The van der Waals surface area contributed by atoms with Crippen LogP contribution in [0, 0.1) is 17.8 Å². The van der Waals surface area contributed by atoms with E-state index in [4.69, 9.17) is 0 Å². The van der Waals surface area contributed by atoms with Gasteiger partial charge in [-0.3, -0.25) is 4.79 Å². The largest absolute Gasteiger partial charge is 0.303 e. The molecule has 13 heavy (non-hydrogen) atoms. The lowest BCUT2D eigenvalue weighted by molar-refractivity contribution is -0.132. The molecule has 0 N–H and O–H groups in total. The number of hydrogen-bond donors (Lipinski definition) is 0. The van der Waals surface area contributed by atoms with Crippen LogP contribution in [0.1, 0.15) is 38.5 Å². The second-order valence-corrected chi connectivity index (χ2v) is 4.36. The number of carbonyl (C=O) groups is 2. The van der Waals surface area contributed by atoms with Crippen LogP contribution >= 0.6 is 0 Å². The maximum Gasteiger partial charge on any atom is 0.136 e. The SMILES string of the molecule is O=C[C@H]1CCC(=O)[C@H]2CCCC[C@@H]21. The minimum absolute atomic E-state index is 0.183. The molecular formula is C11H16O2. The standard InChI is InChI=1S/C11H16O2/c12-7-8-5-6-11(13)10-4-2-1-3-9(8)10/h7-10H,1-6H2/t8-,9-,10+/m1/s1. The van der Waals surface area contributed by atoms with Crippen molar-refractivity contribution in [2.45, 2.75) is 38.5 Å². The first-order chi connectivity index (χ1) is 6.33. The van der Waals surface area contributed by atoms with Crippen LogP contribution < -0.4 is 0 Å². The molecule has 2 heteroatoms. The van der Waals surface area contributed by atoms with E-state index in [1.807, 2.05) is 0 Å². The second-order valence-electron chi connectivity index (χ2n) is 4.36. The number of Topliss-reactive ketones (excluding diaryl/α,β-unsaturated/α-hetero) is 1. The van der Waals surface area contributed by atoms with Gasteiger partial charge in [0.2, 0.25) is 0 Å². The molecule has 0 heterocycles. The zero-order valence-electron chi connectivity index (χ0n) is 7.87. The molecule has 0 aromatic rings. The van der Waals surface area contributed by atoms with E-state index in [-0.39, 0.29) is 11.8 Å².